The Bertz CT molecular complexity index is 1300. The number of hydrogen-bond acceptors (Lipinski definition) is 5. The zero-order valence-electron chi connectivity index (χ0n) is 19.2. The molecule has 1 heterocycles. The molecule has 1 aliphatic heterocycles. The minimum atomic E-state index is -0.957. The van der Waals surface area contributed by atoms with Gasteiger partial charge in [0.1, 0.15) is 23.3 Å². The number of carbonyl (C=O) groups excluding carboxylic acids is 1. The second-order valence-electron chi connectivity index (χ2n) is 8.40. The second-order valence-corrected chi connectivity index (χ2v) is 8.83. The van der Waals surface area contributed by atoms with Gasteiger partial charge in [0.2, 0.25) is 0 Å². The van der Waals surface area contributed by atoms with Crippen molar-refractivity contribution < 1.29 is 24.2 Å². The fourth-order valence-electron chi connectivity index (χ4n) is 4.03. The van der Waals surface area contributed by atoms with E-state index in [9.17, 15) is 20.0 Å². The van der Waals surface area contributed by atoms with Gasteiger partial charge in [-0.25, -0.2) is 0 Å². The Balaban J connectivity index is 1.58. The first-order valence-electron chi connectivity index (χ1n) is 11.1. The van der Waals surface area contributed by atoms with E-state index in [2.05, 4.69) is 6.07 Å². The number of benzene rings is 3. The molecule has 0 radical (unpaired) electrons. The third-order valence-corrected chi connectivity index (χ3v) is 5.99. The maximum absolute atomic E-state index is 13.2. The van der Waals surface area contributed by atoms with Crippen molar-refractivity contribution in [3.8, 4) is 23.3 Å². The lowest BCUT2D eigenvalue weighted by atomic mass is 9.91. The largest absolute Gasteiger partial charge is 0.493 e. The number of amides is 1. The van der Waals surface area contributed by atoms with Crippen LogP contribution in [0.3, 0.4) is 0 Å². The van der Waals surface area contributed by atoms with Gasteiger partial charge in [0.15, 0.2) is 0 Å². The zero-order valence-corrected chi connectivity index (χ0v) is 20.0. The van der Waals surface area contributed by atoms with Crippen molar-refractivity contribution in [1.29, 1.82) is 5.26 Å². The quantitative estimate of drug-likeness (QED) is 0.454. The van der Waals surface area contributed by atoms with Gasteiger partial charge in [-0.2, -0.15) is 5.26 Å². The molecule has 35 heavy (non-hydrogen) atoms. The maximum atomic E-state index is 13.2. The Morgan fingerprint density at radius 2 is 1.83 bits per heavy atom. The summed E-state index contributed by atoms with van der Waals surface area (Å²) in [6.45, 7) is 4.13. The Kier molecular flexibility index (Phi) is 6.94. The molecule has 4 rings (SSSR count). The van der Waals surface area contributed by atoms with Crippen LogP contribution >= 0.6 is 11.6 Å². The third kappa shape index (κ3) is 5.08. The molecule has 0 fully saturated rings. The molecule has 3 aromatic rings. The molecule has 0 saturated carbocycles. The molecule has 1 atom stereocenters. The molecule has 1 amide bonds. The van der Waals surface area contributed by atoms with E-state index in [1.165, 1.54) is 6.07 Å². The zero-order chi connectivity index (χ0) is 25.1. The van der Waals surface area contributed by atoms with Crippen LogP contribution in [0, 0.1) is 11.3 Å². The summed E-state index contributed by atoms with van der Waals surface area (Å²) in [6.07, 6.45) is 0.340. The molecule has 0 aromatic heterocycles. The highest BCUT2D eigenvalue weighted by Gasteiger charge is 2.29. The first-order valence-corrected chi connectivity index (χ1v) is 11.5. The average Bonchev–Trinajstić information content (AvgIpc) is 2.84. The van der Waals surface area contributed by atoms with Crippen LogP contribution in [0.1, 0.15) is 47.7 Å². The normalized spacial score (nSPS) is 14.4. The summed E-state index contributed by atoms with van der Waals surface area (Å²) in [6, 6.07) is 18.7. The van der Waals surface area contributed by atoms with Crippen molar-refractivity contribution in [3.05, 3.63) is 82.4 Å². The predicted octanol–water partition coefficient (Wildman–Crippen LogP) is 6.01. The van der Waals surface area contributed by atoms with Gasteiger partial charge in [-0.1, -0.05) is 11.6 Å². The SMILES string of the molecule is CC(C)N(C(=O)c1ccc(Oc2cc3c(cc2C#N)C(C(=O)O)CCO3)cc1)c1ccc(Cl)cc1. The van der Waals surface area contributed by atoms with Crippen LogP contribution in [0.2, 0.25) is 5.02 Å². The molecule has 1 aliphatic rings. The monoisotopic (exact) mass is 490 g/mol. The fraction of sp³-hybridized carbons (Fsp3) is 0.222. The fourth-order valence-corrected chi connectivity index (χ4v) is 4.15. The molecule has 7 nitrogen and oxygen atoms in total. The minimum absolute atomic E-state index is 0.0806. The van der Waals surface area contributed by atoms with Gasteiger partial charge in [0, 0.05) is 33.9 Å². The number of anilines is 1. The van der Waals surface area contributed by atoms with Gasteiger partial charge in [0.25, 0.3) is 5.91 Å². The van der Waals surface area contributed by atoms with E-state index in [0.29, 0.717) is 34.1 Å². The van der Waals surface area contributed by atoms with E-state index in [4.69, 9.17) is 21.1 Å². The van der Waals surface area contributed by atoms with Crippen LogP contribution in [-0.2, 0) is 4.79 Å². The highest BCUT2D eigenvalue weighted by atomic mass is 35.5. The molecular weight excluding hydrogens is 468 g/mol. The lowest BCUT2D eigenvalue weighted by molar-refractivity contribution is -0.139. The topological polar surface area (TPSA) is 99.9 Å². The number of carboxylic acids is 1. The summed E-state index contributed by atoms with van der Waals surface area (Å²) in [5.74, 6) is -0.794. The Labute approximate surface area is 208 Å². The highest BCUT2D eigenvalue weighted by Crippen LogP contribution is 2.39. The van der Waals surface area contributed by atoms with Crippen molar-refractivity contribution >= 4 is 29.2 Å². The first-order chi connectivity index (χ1) is 16.8. The van der Waals surface area contributed by atoms with E-state index in [-0.39, 0.29) is 29.9 Å². The van der Waals surface area contributed by atoms with Gasteiger partial charge in [-0.05, 0) is 74.9 Å². The van der Waals surface area contributed by atoms with Crippen molar-refractivity contribution in [3.63, 3.8) is 0 Å². The molecule has 0 aliphatic carbocycles. The van der Waals surface area contributed by atoms with Crippen LogP contribution in [-0.4, -0.2) is 29.6 Å². The maximum Gasteiger partial charge on any atom is 0.311 e. The summed E-state index contributed by atoms with van der Waals surface area (Å²) < 4.78 is 11.5. The number of aliphatic carboxylic acids is 1. The number of nitriles is 1. The Morgan fingerprint density at radius 3 is 2.43 bits per heavy atom. The molecular formula is C27H23ClN2O5. The minimum Gasteiger partial charge on any atom is -0.493 e. The van der Waals surface area contributed by atoms with Gasteiger partial charge >= 0.3 is 5.97 Å². The number of ether oxygens (including phenoxy) is 2. The predicted molar refractivity (Wildman–Crippen MR) is 132 cm³/mol. The standard InChI is InChI=1S/C27H23ClN2O5/c1-16(2)30(20-7-5-19(28)6-8-20)26(31)17-3-9-21(10-4-17)35-24-14-25-23(13-18(24)15-29)22(27(32)33)11-12-34-25/h3-10,13-14,16,22H,11-12H2,1-2H3,(H,32,33). The Morgan fingerprint density at radius 1 is 1.14 bits per heavy atom. The summed E-state index contributed by atoms with van der Waals surface area (Å²) in [4.78, 5) is 26.5. The first kappa shape index (κ1) is 24.1. The van der Waals surface area contributed by atoms with Crippen LogP contribution in [0.25, 0.3) is 0 Å². The summed E-state index contributed by atoms with van der Waals surface area (Å²) in [5, 5.41) is 19.7. The average molecular weight is 491 g/mol. The van der Waals surface area contributed by atoms with Crippen LogP contribution in [0.15, 0.2) is 60.7 Å². The van der Waals surface area contributed by atoms with Crippen molar-refractivity contribution in [2.24, 2.45) is 0 Å². The van der Waals surface area contributed by atoms with Crippen molar-refractivity contribution in [2.75, 3.05) is 11.5 Å². The van der Waals surface area contributed by atoms with E-state index in [1.807, 2.05) is 13.8 Å². The Hall–Kier alpha value is -4.02. The number of carbonyl (C=O) groups is 2. The number of halogens is 1. The molecule has 8 heteroatoms. The number of hydrogen-bond donors (Lipinski definition) is 1. The smallest absolute Gasteiger partial charge is 0.311 e. The van der Waals surface area contributed by atoms with Gasteiger partial charge in [0.05, 0.1) is 18.1 Å². The molecule has 1 N–H and O–H groups in total. The van der Waals surface area contributed by atoms with Crippen LogP contribution in [0.5, 0.6) is 17.2 Å². The number of fused-ring (bicyclic) bond motifs is 1. The van der Waals surface area contributed by atoms with Gasteiger partial charge in [-0.15, -0.1) is 0 Å². The van der Waals surface area contributed by atoms with Gasteiger partial charge in [-0.3, -0.25) is 9.59 Å². The highest BCUT2D eigenvalue weighted by molar-refractivity contribution is 6.30. The molecule has 0 saturated heterocycles. The molecule has 0 bridgehead atoms. The lowest BCUT2D eigenvalue weighted by Gasteiger charge is -2.27. The molecule has 178 valence electrons. The summed E-state index contributed by atoms with van der Waals surface area (Å²) in [7, 11) is 0. The van der Waals surface area contributed by atoms with Crippen LogP contribution < -0.4 is 14.4 Å². The van der Waals surface area contributed by atoms with E-state index in [1.54, 1.807) is 59.5 Å². The number of carboxylic acid groups (broad SMARTS) is 1. The summed E-state index contributed by atoms with van der Waals surface area (Å²) in [5.41, 5.74) is 1.88. The van der Waals surface area contributed by atoms with Crippen molar-refractivity contribution in [1.82, 2.24) is 0 Å². The third-order valence-electron chi connectivity index (χ3n) is 5.74. The van der Waals surface area contributed by atoms with Crippen molar-refractivity contribution in [2.45, 2.75) is 32.2 Å². The molecule has 3 aromatic carbocycles. The lowest BCUT2D eigenvalue weighted by Crippen LogP contribution is -2.37. The van der Waals surface area contributed by atoms with E-state index in [0.717, 1.165) is 5.69 Å². The van der Waals surface area contributed by atoms with E-state index < -0.39 is 11.9 Å². The van der Waals surface area contributed by atoms with E-state index >= 15 is 0 Å². The second kappa shape index (κ2) is 10.1. The van der Waals surface area contributed by atoms with Crippen LogP contribution in [0.4, 0.5) is 5.69 Å². The number of rotatable bonds is 6. The summed E-state index contributed by atoms with van der Waals surface area (Å²) >= 11 is 5.99. The van der Waals surface area contributed by atoms with Gasteiger partial charge < -0.3 is 19.5 Å². The number of nitrogens with zero attached hydrogens (tertiary/aromatic N) is 2. The molecule has 0 spiro atoms. The molecule has 1 unspecified atom stereocenters.